The van der Waals surface area contributed by atoms with E-state index in [4.69, 9.17) is 16.3 Å². The number of aromatic nitrogens is 3. The van der Waals surface area contributed by atoms with E-state index in [9.17, 15) is 17.6 Å². The zero-order chi connectivity index (χ0) is 23.0. The lowest BCUT2D eigenvalue weighted by Crippen LogP contribution is -2.13. The van der Waals surface area contributed by atoms with Crippen molar-refractivity contribution in [2.45, 2.75) is 0 Å². The van der Waals surface area contributed by atoms with Gasteiger partial charge >= 0.3 is 0 Å². The van der Waals surface area contributed by atoms with Crippen LogP contribution in [-0.2, 0) is 10.0 Å². The van der Waals surface area contributed by atoms with E-state index in [-0.39, 0.29) is 16.9 Å². The Balaban J connectivity index is 1.79. The molecule has 0 saturated carbocycles. The minimum Gasteiger partial charge on any atom is -0.497 e. The molecule has 0 bridgehead atoms. The predicted molar refractivity (Wildman–Crippen MR) is 119 cm³/mol. The van der Waals surface area contributed by atoms with Gasteiger partial charge in [0.1, 0.15) is 11.4 Å². The summed E-state index contributed by atoms with van der Waals surface area (Å²) in [6.07, 6.45) is 2.46. The van der Waals surface area contributed by atoms with Crippen molar-refractivity contribution in [2.24, 2.45) is 0 Å². The molecule has 0 saturated heterocycles. The Kier molecular flexibility index (Phi) is 5.57. The van der Waals surface area contributed by atoms with Gasteiger partial charge in [0.2, 0.25) is 15.8 Å². The summed E-state index contributed by atoms with van der Waals surface area (Å²) >= 11 is 6.35. The smallest absolute Gasteiger partial charge is 0.229 e. The Hall–Kier alpha value is -3.50. The lowest BCUT2D eigenvalue weighted by Gasteiger charge is -2.09. The molecule has 0 fully saturated rings. The molecule has 0 aliphatic carbocycles. The maximum absolute atomic E-state index is 14.9. The molecule has 0 aliphatic rings. The number of carbonyl (C=O) groups excluding carboxylic acids is 1. The Morgan fingerprint density at radius 1 is 1.22 bits per heavy atom. The number of carbonyl (C=O) groups is 1. The Bertz CT molecular complexity index is 1470. The van der Waals surface area contributed by atoms with Crippen LogP contribution in [0.4, 0.5) is 10.1 Å². The van der Waals surface area contributed by atoms with Crippen LogP contribution in [-0.4, -0.2) is 42.7 Å². The molecule has 0 radical (unpaired) electrons. The molecule has 2 aromatic carbocycles. The molecular formula is C21H16ClFN4O4S. The van der Waals surface area contributed by atoms with Crippen molar-refractivity contribution in [2.75, 3.05) is 18.1 Å². The monoisotopic (exact) mass is 474 g/mol. The number of fused-ring (bicyclic) bond motifs is 1. The first-order chi connectivity index (χ1) is 15.2. The highest BCUT2D eigenvalue weighted by molar-refractivity contribution is 7.92. The molecule has 0 amide bonds. The molecule has 2 heterocycles. The van der Waals surface area contributed by atoms with Crippen LogP contribution in [0.3, 0.4) is 0 Å². The van der Waals surface area contributed by atoms with Gasteiger partial charge in [0.25, 0.3) is 0 Å². The third-order valence-electron chi connectivity index (χ3n) is 4.66. The summed E-state index contributed by atoms with van der Waals surface area (Å²) in [6, 6.07) is 10.7. The van der Waals surface area contributed by atoms with Gasteiger partial charge in [-0.3, -0.25) is 14.6 Å². The highest BCUT2D eigenvalue weighted by Gasteiger charge is 2.23. The topological polar surface area (TPSA) is 114 Å². The van der Waals surface area contributed by atoms with Gasteiger partial charge in [-0.05, 0) is 36.4 Å². The second-order valence-electron chi connectivity index (χ2n) is 6.91. The van der Waals surface area contributed by atoms with Crippen LogP contribution < -0.4 is 9.46 Å². The standard InChI is InChI=1S/C21H16ClFN4O4S/c1-31-12-6-7-13(16(22)9-12)11-8-15-19(25-26-21(15)24-10-11)20(28)14-4-3-5-17(18(14)23)27-32(2,29)30/h3-10,27H,1-2H3,(H,24,25,26). The van der Waals surface area contributed by atoms with E-state index in [1.54, 1.807) is 30.5 Å². The highest BCUT2D eigenvalue weighted by Crippen LogP contribution is 2.33. The average molecular weight is 475 g/mol. The molecule has 8 nitrogen and oxygen atoms in total. The van der Waals surface area contributed by atoms with Crippen molar-refractivity contribution in [1.29, 1.82) is 0 Å². The largest absolute Gasteiger partial charge is 0.497 e. The fourth-order valence-electron chi connectivity index (χ4n) is 3.19. The summed E-state index contributed by atoms with van der Waals surface area (Å²) in [7, 11) is -2.20. The molecule has 2 N–H and O–H groups in total. The van der Waals surface area contributed by atoms with E-state index in [0.29, 0.717) is 32.9 Å². The van der Waals surface area contributed by atoms with Gasteiger partial charge in [0, 0.05) is 17.3 Å². The fourth-order valence-corrected chi connectivity index (χ4v) is 4.03. The molecule has 164 valence electrons. The first-order valence-corrected chi connectivity index (χ1v) is 11.4. The van der Waals surface area contributed by atoms with E-state index >= 15 is 0 Å². The number of benzene rings is 2. The van der Waals surface area contributed by atoms with Gasteiger partial charge in [-0.25, -0.2) is 17.8 Å². The molecule has 4 rings (SSSR count). The van der Waals surface area contributed by atoms with Crippen molar-refractivity contribution in [3.8, 4) is 16.9 Å². The number of aromatic amines is 1. The number of rotatable bonds is 6. The van der Waals surface area contributed by atoms with Crippen molar-refractivity contribution in [1.82, 2.24) is 15.2 Å². The van der Waals surface area contributed by atoms with Gasteiger partial charge in [0.05, 0.1) is 35.0 Å². The summed E-state index contributed by atoms with van der Waals surface area (Å²) in [5.41, 5.74) is 0.879. The molecule has 0 spiro atoms. The van der Waals surface area contributed by atoms with Crippen LogP contribution in [0.1, 0.15) is 16.1 Å². The van der Waals surface area contributed by atoms with Crippen LogP contribution in [0.5, 0.6) is 5.75 Å². The molecule has 4 aromatic rings. The first kappa shape index (κ1) is 21.7. The van der Waals surface area contributed by atoms with Gasteiger partial charge in [-0.15, -0.1) is 0 Å². The van der Waals surface area contributed by atoms with E-state index in [1.165, 1.54) is 25.3 Å². The quantitative estimate of drug-likeness (QED) is 0.408. The van der Waals surface area contributed by atoms with E-state index < -0.39 is 21.6 Å². The number of H-pyrrole nitrogens is 1. The minimum absolute atomic E-state index is 0.0608. The molecular weight excluding hydrogens is 459 g/mol. The van der Waals surface area contributed by atoms with E-state index in [1.807, 2.05) is 0 Å². The zero-order valence-electron chi connectivity index (χ0n) is 16.8. The maximum Gasteiger partial charge on any atom is 0.229 e. The predicted octanol–water partition coefficient (Wildman–Crippen LogP) is 4.03. The minimum atomic E-state index is -3.73. The number of halogens is 2. The Morgan fingerprint density at radius 3 is 2.69 bits per heavy atom. The molecule has 0 atom stereocenters. The number of nitrogens with one attached hydrogen (secondary N) is 2. The lowest BCUT2D eigenvalue weighted by molar-refractivity contribution is 0.103. The second kappa shape index (κ2) is 8.21. The molecule has 2 aromatic heterocycles. The SMILES string of the molecule is COc1ccc(-c2cnc3[nH]nc(C(=O)c4cccc(NS(C)(=O)=O)c4F)c3c2)c(Cl)c1. The highest BCUT2D eigenvalue weighted by atomic mass is 35.5. The fraction of sp³-hybridized carbons (Fsp3) is 0.0952. The molecule has 0 unspecified atom stereocenters. The van der Waals surface area contributed by atoms with E-state index in [0.717, 1.165) is 6.26 Å². The van der Waals surface area contributed by atoms with Gasteiger partial charge < -0.3 is 4.74 Å². The average Bonchev–Trinajstić information content (AvgIpc) is 3.17. The number of sulfonamides is 1. The number of hydrogen-bond donors (Lipinski definition) is 2. The second-order valence-corrected chi connectivity index (χ2v) is 9.06. The third kappa shape index (κ3) is 4.14. The summed E-state index contributed by atoms with van der Waals surface area (Å²) < 4.78 is 45.0. The lowest BCUT2D eigenvalue weighted by atomic mass is 10.0. The number of ketones is 1. The van der Waals surface area contributed by atoms with Gasteiger partial charge in [-0.1, -0.05) is 17.7 Å². The zero-order valence-corrected chi connectivity index (χ0v) is 18.4. The maximum atomic E-state index is 14.9. The number of nitrogens with zero attached hydrogens (tertiary/aromatic N) is 2. The van der Waals surface area contributed by atoms with Crippen LogP contribution in [0.25, 0.3) is 22.2 Å². The first-order valence-electron chi connectivity index (χ1n) is 9.17. The Morgan fingerprint density at radius 2 is 2.00 bits per heavy atom. The molecule has 32 heavy (non-hydrogen) atoms. The van der Waals surface area contributed by atoms with Gasteiger partial charge in [0.15, 0.2) is 11.5 Å². The summed E-state index contributed by atoms with van der Waals surface area (Å²) in [5.74, 6) is -1.14. The third-order valence-corrected chi connectivity index (χ3v) is 5.56. The normalized spacial score (nSPS) is 11.5. The van der Waals surface area contributed by atoms with Crippen molar-refractivity contribution in [3.63, 3.8) is 0 Å². The number of hydrogen-bond acceptors (Lipinski definition) is 6. The number of methoxy groups -OCH3 is 1. The van der Waals surface area contributed by atoms with Crippen molar-refractivity contribution >= 4 is 44.1 Å². The van der Waals surface area contributed by atoms with Crippen LogP contribution in [0, 0.1) is 5.82 Å². The number of pyridine rings is 1. The number of ether oxygens (including phenoxy) is 1. The van der Waals surface area contributed by atoms with Crippen LogP contribution in [0.2, 0.25) is 5.02 Å². The Labute approximate surface area is 187 Å². The van der Waals surface area contributed by atoms with Crippen molar-refractivity contribution < 1.29 is 22.3 Å². The summed E-state index contributed by atoms with van der Waals surface area (Å²) in [6.45, 7) is 0. The van der Waals surface area contributed by atoms with Crippen LogP contribution >= 0.6 is 11.6 Å². The van der Waals surface area contributed by atoms with Crippen LogP contribution in [0.15, 0.2) is 48.7 Å². The molecule has 0 aliphatic heterocycles. The van der Waals surface area contributed by atoms with E-state index in [2.05, 4.69) is 19.9 Å². The summed E-state index contributed by atoms with van der Waals surface area (Å²) in [4.78, 5) is 17.4. The van der Waals surface area contributed by atoms with Crippen molar-refractivity contribution in [3.05, 3.63) is 70.8 Å². The van der Waals surface area contributed by atoms with Gasteiger partial charge in [-0.2, -0.15) is 5.10 Å². The summed E-state index contributed by atoms with van der Waals surface area (Å²) in [5, 5.41) is 7.44. The molecule has 11 heteroatoms. The number of anilines is 1.